The first-order chi connectivity index (χ1) is 11.0. The van der Waals surface area contributed by atoms with E-state index >= 15 is 0 Å². The molecule has 1 aromatic carbocycles. The molecular weight excluding hydrogens is 318 g/mol. The summed E-state index contributed by atoms with van der Waals surface area (Å²) in [5.74, 6) is -0.644. The van der Waals surface area contributed by atoms with Crippen molar-refractivity contribution in [3.63, 3.8) is 0 Å². The second kappa shape index (κ2) is 6.22. The number of carbonyl (C=O) groups excluding carboxylic acids is 2. The normalized spacial score (nSPS) is 21.0. The fourth-order valence-corrected chi connectivity index (χ4v) is 3.25. The molecule has 0 aliphatic carbocycles. The van der Waals surface area contributed by atoms with Gasteiger partial charge in [-0.15, -0.1) is 0 Å². The molecule has 1 aliphatic rings. The third-order valence-electron chi connectivity index (χ3n) is 4.32. The van der Waals surface area contributed by atoms with Crippen LogP contribution in [0.15, 0.2) is 24.4 Å². The highest BCUT2D eigenvalue weighted by atomic mass is 35.5. The van der Waals surface area contributed by atoms with Gasteiger partial charge in [-0.1, -0.05) is 11.6 Å². The molecule has 2 heterocycles. The van der Waals surface area contributed by atoms with Gasteiger partial charge in [0.1, 0.15) is 6.04 Å². The second-order valence-corrected chi connectivity index (χ2v) is 6.17. The summed E-state index contributed by atoms with van der Waals surface area (Å²) in [6.07, 6.45) is 2.26. The van der Waals surface area contributed by atoms with Crippen LogP contribution in [0.4, 0.5) is 0 Å². The molecule has 3 rings (SSSR count). The number of hydrogen-bond acceptors (Lipinski definition) is 3. The quantitative estimate of drug-likeness (QED) is 0.886. The molecule has 0 bridgehead atoms. The Labute approximate surface area is 138 Å². The van der Waals surface area contributed by atoms with E-state index < -0.39 is 11.9 Å². The van der Waals surface area contributed by atoms with Crippen LogP contribution >= 0.6 is 11.6 Å². The van der Waals surface area contributed by atoms with Gasteiger partial charge >= 0.3 is 0 Å². The van der Waals surface area contributed by atoms with E-state index in [-0.39, 0.29) is 18.4 Å². The zero-order valence-electron chi connectivity index (χ0n) is 12.7. The van der Waals surface area contributed by atoms with Gasteiger partial charge in [-0.25, -0.2) is 0 Å². The number of halogens is 1. The number of benzene rings is 1. The molecule has 3 N–H and O–H groups in total. The fraction of sp³-hybridized carbons (Fsp3) is 0.375. The summed E-state index contributed by atoms with van der Waals surface area (Å²) in [6.45, 7) is 0.381. The number of amides is 2. The molecule has 1 saturated heterocycles. The minimum Gasteiger partial charge on any atom is -0.380 e. The predicted octanol–water partition coefficient (Wildman–Crippen LogP) is 1.47. The molecule has 2 atom stereocenters. The Hall–Kier alpha value is -2.05. The third-order valence-corrected chi connectivity index (χ3v) is 4.55. The van der Waals surface area contributed by atoms with Gasteiger partial charge in [-0.05, 0) is 23.8 Å². The van der Waals surface area contributed by atoms with Crippen molar-refractivity contribution in [1.82, 2.24) is 9.88 Å². The first kappa shape index (κ1) is 15.8. The van der Waals surface area contributed by atoms with Crippen LogP contribution < -0.4 is 5.73 Å². The number of aromatic amines is 1. The van der Waals surface area contributed by atoms with E-state index in [1.165, 1.54) is 4.90 Å². The molecule has 0 unspecified atom stereocenters. The Morgan fingerprint density at radius 1 is 1.48 bits per heavy atom. The first-order valence-electron chi connectivity index (χ1n) is 7.36. The van der Waals surface area contributed by atoms with Gasteiger partial charge in [-0.2, -0.15) is 0 Å². The van der Waals surface area contributed by atoms with Crippen LogP contribution in [0.1, 0.15) is 12.0 Å². The van der Waals surface area contributed by atoms with E-state index in [2.05, 4.69) is 4.98 Å². The molecule has 23 heavy (non-hydrogen) atoms. The highest BCUT2D eigenvalue weighted by Gasteiger charge is 2.38. The zero-order valence-corrected chi connectivity index (χ0v) is 13.5. The van der Waals surface area contributed by atoms with Crippen molar-refractivity contribution in [3.05, 3.63) is 35.0 Å². The molecule has 2 aromatic rings. The summed E-state index contributed by atoms with van der Waals surface area (Å²) in [5.41, 5.74) is 7.18. The summed E-state index contributed by atoms with van der Waals surface area (Å²) in [5, 5.41) is 1.52. The van der Waals surface area contributed by atoms with Crippen molar-refractivity contribution in [3.8, 4) is 0 Å². The maximum absolute atomic E-state index is 12.6. The minimum absolute atomic E-state index is 0.144. The van der Waals surface area contributed by atoms with Crippen LogP contribution in [-0.2, 0) is 20.7 Å². The number of nitrogens with two attached hydrogens (primary N) is 1. The van der Waals surface area contributed by atoms with Crippen molar-refractivity contribution in [2.45, 2.75) is 25.0 Å². The van der Waals surface area contributed by atoms with Gasteiger partial charge in [0.2, 0.25) is 11.8 Å². The van der Waals surface area contributed by atoms with E-state index in [4.69, 9.17) is 22.1 Å². The van der Waals surface area contributed by atoms with Crippen LogP contribution in [0.25, 0.3) is 10.9 Å². The maximum atomic E-state index is 12.6. The predicted molar refractivity (Wildman–Crippen MR) is 87.1 cm³/mol. The molecule has 0 spiro atoms. The van der Waals surface area contributed by atoms with Crippen LogP contribution in [0, 0.1) is 0 Å². The number of carbonyl (C=O) groups is 2. The van der Waals surface area contributed by atoms with E-state index in [0.29, 0.717) is 18.0 Å². The number of hydrogen-bond donors (Lipinski definition) is 2. The van der Waals surface area contributed by atoms with E-state index in [1.54, 1.807) is 19.4 Å². The van der Waals surface area contributed by atoms with Crippen LogP contribution in [0.2, 0.25) is 5.02 Å². The van der Waals surface area contributed by atoms with Gasteiger partial charge < -0.3 is 20.4 Å². The standard InChI is InChI=1S/C16H18ClN3O3/c1-23-11-6-14(16(18)22)20(8-11)15(21)4-9-7-19-13-3-2-10(17)5-12(9)13/h2-3,5,7,11,14,19H,4,6,8H2,1H3,(H2,18,22)/t11-,14-/m0/s1. The first-order valence-corrected chi connectivity index (χ1v) is 7.74. The smallest absolute Gasteiger partial charge is 0.240 e. The number of nitrogens with zero attached hydrogens (tertiary/aromatic N) is 1. The summed E-state index contributed by atoms with van der Waals surface area (Å²) in [7, 11) is 1.57. The van der Waals surface area contributed by atoms with Crippen LogP contribution in [0.5, 0.6) is 0 Å². The fourth-order valence-electron chi connectivity index (χ4n) is 3.07. The highest BCUT2D eigenvalue weighted by molar-refractivity contribution is 6.31. The lowest BCUT2D eigenvalue weighted by atomic mass is 10.1. The number of fused-ring (bicyclic) bond motifs is 1. The van der Waals surface area contributed by atoms with Crippen LogP contribution in [-0.4, -0.2) is 47.5 Å². The maximum Gasteiger partial charge on any atom is 0.240 e. The Kier molecular flexibility index (Phi) is 4.28. The molecular formula is C16H18ClN3O3. The van der Waals surface area contributed by atoms with E-state index in [9.17, 15) is 9.59 Å². The number of likely N-dealkylation sites (tertiary alicyclic amines) is 1. The minimum atomic E-state index is -0.610. The number of H-pyrrole nitrogens is 1. The number of ether oxygens (including phenoxy) is 1. The second-order valence-electron chi connectivity index (χ2n) is 5.74. The van der Waals surface area contributed by atoms with Gasteiger partial charge in [0.15, 0.2) is 0 Å². The molecule has 122 valence electrons. The molecule has 7 heteroatoms. The Balaban J connectivity index is 1.82. The van der Waals surface area contributed by atoms with Gasteiger partial charge in [-0.3, -0.25) is 9.59 Å². The topological polar surface area (TPSA) is 88.4 Å². The van der Waals surface area contributed by atoms with Crippen molar-refractivity contribution >= 4 is 34.3 Å². The van der Waals surface area contributed by atoms with Crippen molar-refractivity contribution < 1.29 is 14.3 Å². The van der Waals surface area contributed by atoms with Crippen molar-refractivity contribution in [2.24, 2.45) is 5.73 Å². The van der Waals surface area contributed by atoms with Gasteiger partial charge in [0, 0.05) is 42.2 Å². The zero-order chi connectivity index (χ0) is 16.6. The summed E-state index contributed by atoms with van der Waals surface area (Å²) >= 11 is 6.03. The summed E-state index contributed by atoms with van der Waals surface area (Å²) in [4.78, 5) is 28.9. The molecule has 2 amide bonds. The molecule has 6 nitrogen and oxygen atoms in total. The van der Waals surface area contributed by atoms with Crippen molar-refractivity contribution in [2.75, 3.05) is 13.7 Å². The van der Waals surface area contributed by atoms with E-state index in [1.807, 2.05) is 12.1 Å². The third kappa shape index (κ3) is 3.04. The Bertz CT molecular complexity index is 758. The Morgan fingerprint density at radius 2 is 2.26 bits per heavy atom. The molecule has 0 radical (unpaired) electrons. The highest BCUT2D eigenvalue weighted by Crippen LogP contribution is 2.25. The van der Waals surface area contributed by atoms with Crippen molar-refractivity contribution in [1.29, 1.82) is 0 Å². The molecule has 0 saturated carbocycles. The van der Waals surface area contributed by atoms with Crippen LogP contribution in [0.3, 0.4) is 0 Å². The molecule has 1 fully saturated rings. The van der Waals surface area contributed by atoms with Gasteiger partial charge in [0.05, 0.1) is 12.5 Å². The largest absolute Gasteiger partial charge is 0.380 e. The van der Waals surface area contributed by atoms with E-state index in [0.717, 1.165) is 16.5 Å². The lowest BCUT2D eigenvalue weighted by Gasteiger charge is -2.21. The monoisotopic (exact) mass is 335 g/mol. The van der Waals surface area contributed by atoms with Gasteiger partial charge in [0.25, 0.3) is 0 Å². The number of primary amides is 1. The lowest BCUT2D eigenvalue weighted by Crippen LogP contribution is -2.44. The number of methoxy groups -OCH3 is 1. The number of nitrogens with one attached hydrogen (secondary N) is 1. The average molecular weight is 336 g/mol. The molecule has 1 aromatic heterocycles. The summed E-state index contributed by atoms with van der Waals surface area (Å²) in [6, 6.07) is 4.87. The summed E-state index contributed by atoms with van der Waals surface area (Å²) < 4.78 is 5.27. The average Bonchev–Trinajstić information content (AvgIpc) is 3.11. The number of rotatable bonds is 4. The number of aromatic nitrogens is 1. The SMILES string of the molecule is CO[C@H]1C[C@@H](C(N)=O)N(C(=O)Cc2c[nH]c3ccc(Cl)cc23)C1. The Morgan fingerprint density at radius 3 is 2.96 bits per heavy atom. The lowest BCUT2D eigenvalue weighted by molar-refractivity contribution is -0.136. The molecule has 1 aliphatic heterocycles.